The maximum absolute atomic E-state index is 11.8. The van der Waals surface area contributed by atoms with Crippen molar-refractivity contribution in [2.75, 3.05) is 14.2 Å². The zero-order chi connectivity index (χ0) is 11.7. The third-order valence-electron chi connectivity index (χ3n) is 2.99. The normalized spacial score (nSPS) is 17.5. The summed E-state index contributed by atoms with van der Waals surface area (Å²) < 4.78 is 10.4. The third kappa shape index (κ3) is 2.11. The highest BCUT2D eigenvalue weighted by Gasteiger charge is 2.37. The fraction of sp³-hybridized carbons (Fsp3) is 0.583. The number of carbonyl (C=O) groups is 1. The predicted molar refractivity (Wildman–Crippen MR) is 59.0 cm³/mol. The topological polar surface area (TPSA) is 42.7 Å². The molecule has 1 aromatic rings. The van der Waals surface area contributed by atoms with Gasteiger partial charge in [0, 0.05) is 6.04 Å². The summed E-state index contributed by atoms with van der Waals surface area (Å²) >= 11 is 0. The number of furan rings is 1. The van der Waals surface area contributed by atoms with E-state index >= 15 is 0 Å². The van der Waals surface area contributed by atoms with E-state index in [1.807, 2.05) is 31.0 Å². The van der Waals surface area contributed by atoms with Crippen molar-refractivity contribution in [1.29, 1.82) is 0 Å². The SMILES string of the molecule is COC(=O)C(c1ccc(C)o1)N(C)C1CC1. The molecule has 0 N–H and O–H groups in total. The molecule has 16 heavy (non-hydrogen) atoms. The summed E-state index contributed by atoms with van der Waals surface area (Å²) in [6.07, 6.45) is 2.29. The number of esters is 1. The van der Waals surface area contributed by atoms with Gasteiger partial charge in [-0.1, -0.05) is 0 Å². The quantitative estimate of drug-likeness (QED) is 0.731. The van der Waals surface area contributed by atoms with Gasteiger partial charge < -0.3 is 9.15 Å². The molecule has 0 spiro atoms. The van der Waals surface area contributed by atoms with E-state index in [0.717, 1.165) is 18.6 Å². The molecule has 1 heterocycles. The number of likely N-dealkylation sites (N-methyl/N-ethyl adjacent to an activating group) is 1. The molecule has 1 fully saturated rings. The van der Waals surface area contributed by atoms with Gasteiger partial charge in [0.05, 0.1) is 7.11 Å². The van der Waals surface area contributed by atoms with Crippen molar-refractivity contribution in [1.82, 2.24) is 4.90 Å². The number of carbonyl (C=O) groups excluding carboxylic acids is 1. The molecule has 2 rings (SSSR count). The predicted octanol–water partition coefficient (Wildman–Crippen LogP) is 1.90. The third-order valence-corrected chi connectivity index (χ3v) is 2.99. The van der Waals surface area contributed by atoms with Crippen LogP contribution in [-0.2, 0) is 9.53 Å². The highest BCUT2D eigenvalue weighted by atomic mass is 16.5. The molecule has 0 bridgehead atoms. The van der Waals surface area contributed by atoms with Gasteiger partial charge in [-0.15, -0.1) is 0 Å². The first-order chi connectivity index (χ1) is 7.63. The van der Waals surface area contributed by atoms with Crippen molar-refractivity contribution in [3.63, 3.8) is 0 Å². The molecule has 1 unspecified atom stereocenters. The van der Waals surface area contributed by atoms with Gasteiger partial charge in [-0.25, -0.2) is 4.79 Å². The van der Waals surface area contributed by atoms with E-state index in [0.29, 0.717) is 11.8 Å². The Morgan fingerprint density at radius 2 is 2.25 bits per heavy atom. The van der Waals surface area contributed by atoms with Gasteiger partial charge in [-0.05, 0) is 38.9 Å². The van der Waals surface area contributed by atoms with E-state index in [1.54, 1.807) is 0 Å². The summed E-state index contributed by atoms with van der Waals surface area (Å²) in [5.74, 6) is 1.22. The van der Waals surface area contributed by atoms with Crippen LogP contribution in [0.3, 0.4) is 0 Å². The summed E-state index contributed by atoms with van der Waals surface area (Å²) in [6, 6.07) is 3.78. The second-order valence-corrected chi connectivity index (χ2v) is 4.27. The zero-order valence-electron chi connectivity index (χ0n) is 9.90. The first-order valence-corrected chi connectivity index (χ1v) is 5.49. The van der Waals surface area contributed by atoms with Gasteiger partial charge in [0.2, 0.25) is 0 Å². The smallest absolute Gasteiger partial charge is 0.331 e. The van der Waals surface area contributed by atoms with Crippen molar-refractivity contribution in [2.24, 2.45) is 0 Å². The minimum absolute atomic E-state index is 0.260. The van der Waals surface area contributed by atoms with Gasteiger partial charge in [0.25, 0.3) is 0 Å². The minimum atomic E-state index is -0.411. The summed E-state index contributed by atoms with van der Waals surface area (Å²) in [7, 11) is 3.35. The van der Waals surface area contributed by atoms with Crippen LogP contribution in [0.4, 0.5) is 0 Å². The summed E-state index contributed by atoms with van der Waals surface area (Å²) in [5.41, 5.74) is 0. The summed E-state index contributed by atoms with van der Waals surface area (Å²) in [5, 5.41) is 0. The van der Waals surface area contributed by atoms with Crippen LogP contribution in [0, 0.1) is 6.92 Å². The molecule has 4 nitrogen and oxygen atoms in total. The molecule has 0 amide bonds. The van der Waals surface area contributed by atoms with Crippen LogP contribution in [0.25, 0.3) is 0 Å². The molecule has 0 saturated heterocycles. The van der Waals surface area contributed by atoms with Crippen LogP contribution in [0.15, 0.2) is 16.5 Å². The van der Waals surface area contributed by atoms with Crippen LogP contribution < -0.4 is 0 Å². The number of ether oxygens (including phenoxy) is 1. The summed E-state index contributed by atoms with van der Waals surface area (Å²) in [6.45, 7) is 1.87. The van der Waals surface area contributed by atoms with E-state index in [1.165, 1.54) is 7.11 Å². The van der Waals surface area contributed by atoms with Gasteiger partial charge in [0.15, 0.2) is 6.04 Å². The van der Waals surface area contributed by atoms with Crippen LogP contribution in [0.2, 0.25) is 0 Å². The first kappa shape index (κ1) is 11.2. The van der Waals surface area contributed by atoms with Crippen molar-refractivity contribution in [3.05, 3.63) is 23.7 Å². The van der Waals surface area contributed by atoms with Crippen LogP contribution in [0.5, 0.6) is 0 Å². The van der Waals surface area contributed by atoms with Crippen LogP contribution in [0.1, 0.15) is 30.4 Å². The number of methoxy groups -OCH3 is 1. The molecule has 1 aliphatic rings. The fourth-order valence-corrected chi connectivity index (χ4v) is 1.89. The van der Waals surface area contributed by atoms with Gasteiger partial charge in [-0.2, -0.15) is 0 Å². The number of hydrogen-bond acceptors (Lipinski definition) is 4. The Morgan fingerprint density at radius 1 is 1.56 bits per heavy atom. The van der Waals surface area contributed by atoms with E-state index < -0.39 is 6.04 Å². The number of rotatable bonds is 4. The number of hydrogen-bond donors (Lipinski definition) is 0. The second-order valence-electron chi connectivity index (χ2n) is 4.27. The van der Waals surface area contributed by atoms with Crippen LogP contribution in [-0.4, -0.2) is 31.1 Å². The lowest BCUT2D eigenvalue weighted by atomic mass is 10.2. The van der Waals surface area contributed by atoms with Crippen molar-refractivity contribution in [3.8, 4) is 0 Å². The van der Waals surface area contributed by atoms with Crippen molar-refractivity contribution >= 4 is 5.97 Å². The zero-order valence-corrected chi connectivity index (χ0v) is 9.90. The highest BCUT2D eigenvalue weighted by Crippen LogP contribution is 2.34. The first-order valence-electron chi connectivity index (χ1n) is 5.49. The molecule has 4 heteroatoms. The van der Waals surface area contributed by atoms with Crippen molar-refractivity contribution < 1.29 is 13.9 Å². The van der Waals surface area contributed by atoms with Gasteiger partial charge >= 0.3 is 5.97 Å². The highest BCUT2D eigenvalue weighted by molar-refractivity contribution is 5.76. The molecule has 1 atom stereocenters. The monoisotopic (exact) mass is 223 g/mol. The largest absolute Gasteiger partial charge is 0.467 e. The maximum Gasteiger partial charge on any atom is 0.331 e. The van der Waals surface area contributed by atoms with E-state index in [2.05, 4.69) is 0 Å². The maximum atomic E-state index is 11.8. The van der Waals surface area contributed by atoms with E-state index in [9.17, 15) is 4.79 Å². The average Bonchev–Trinajstić information content (AvgIpc) is 3.03. The molecule has 1 saturated carbocycles. The van der Waals surface area contributed by atoms with Gasteiger partial charge in [-0.3, -0.25) is 4.90 Å². The average molecular weight is 223 g/mol. The second kappa shape index (κ2) is 4.29. The van der Waals surface area contributed by atoms with E-state index in [4.69, 9.17) is 9.15 Å². The lowest BCUT2D eigenvalue weighted by Crippen LogP contribution is -2.33. The molecule has 1 aliphatic carbocycles. The van der Waals surface area contributed by atoms with Crippen molar-refractivity contribution in [2.45, 2.75) is 31.8 Å². The Labute approximate surface area is 95.2 Å². The Morgan fingerprint density at radius 3 is 2.69 bits per heavy atom. The Hall–Kier alpha value is -1.29. The minimum Gasteiger partial charge on any atom is -0.467 e. The standard InChI is InChI=1S/C12H17NO3/c1-8-4-7-10(16-8)11(12(14)15-3)13(2)9-5-6-9/h4,7,9,11H,5-6H2,1-3H3. The fourth-order valence-electron chi connectivity index (χ4n) is 1.89. The Bertz CT molecular complexity index is 381. The molecule has 1 aromatic heterocycles. The van der Waals surface area contributed by atoms with E-state index in [-0.39, 0.29) is 5.97 Å². The van der Waals surface area contributed by atoms with Crippen LogP contribution >= 0.6 is 0 Å². The lowest BCUT2D eigenvalue weighted by Gasteiger charge is -2.23. The summed E-state index contributed by atoms with van der Waals surface area (Å²) in [4.78, 5) is 13.8. The molecular weight excluding hydrogens is 206 g/mol. The molecule has 0 aliphatic heterocycles. The Balaban J connectivity index is 2.22. The molecular formula is C12H17NO3. The molecule has 0 radical (unpaired) electrons. The number of aryl methyl sites for hydroxylation is 1. The Kier molecular flexibility index (Phi) is 3.01. The molecule has 0 aromatic carbocycles. The molecule has 88 valence electrons. The van der Waals surface area contributed by atoms with Gasteiger partial charge in [0.1, 0.15) is 11.5 Å². The lowest BCUT2D eigenvalue weighted by molar-refractivity contribution is -0.147. The number of nitrogens with zero attached hydrogens (tertiary/aromatic N) is 1.